The van der Waals surface area contributed by atoms with Crippen LogP contribution in [0.2, 0.25) is 5.02 Å². The van der Waals surface area contributed by atoms with Crippen molar-refractivity contribution in [2.24, 2.45) is 0 Å². The zero-order chi connectivity index (χ0) is 28.6. The Kier molecular flexibility index (Phi) is 14.9. The average molecular weight is 585 g/mol. The van der Waals surface area contributed by atoms with Gasteiger partial charge in [0.2, 0.25) is 5.91 Å². The quantitative estimate of drug-likeness (QED) is 0.154. The lowest BCUT2D eigenvalue weighted by atomic mass is 10.1. The maximum atomic E-state index is 12.5. The first-order valence-corrected chi connectivity index (χ1v) is 16.7. The molecule has 0 radical (unpaired) electrons. The molecule has 6 heteroatoms. The van der Waals surface area contributed by atoms with E-state index in [9.17, 15) is 4.79 Å². The average Bonchev–Trinajstić information content (AvgIpc) is 3.35. The fraction of sp³-hybridized carbons (Fsp3) is 0.559. The molecule has 0 unspecified atom stereocenters. The fourth-order valence-corrected chi connectivity index (χ4v) is 6.09. The van der Waals surface area contributed by atoms with Gasteiger partial charge in [-0.05, 0) is 53.6 Å². The molecule has 0 spiro atoms. The maximum absolute atomic E-state index is 12.5. The molecule has 1 amide bonds. The van der Waals surface area contributed by atoms with E-state index in [2.05, 4.69) is 37.1 Å². The largest absolute Gasteiger partial charge is 0.492 e. The van der Waals surface area contributed by atoms with Crippen molar-refractivity contribution in [1.29, 1.82) is 0 Å². The molecule has 0 saturated heterocycles. The highest BCUT2D eigenvalue weighted by atomic mass is 35.5. The molecule has 1 aliphatic rings. The minimum atomic E-state index is 0.00525. The summed E-state index contributed by atoms with van der Waals surface area (Å²) < 4.78 is 5.97. The number of ether oxygens (including phenoxy) is 1. The van der Waals surface area contributed by atoms with Gasteiger partial charge in [-0.3, -0.25) is 4.79 Å². The van der Waals surface area contributed by atoms with Crippen LogP contribution in [-0.4, -0.2) is 23.3 Å². The number of nitrogens with zero attached hydrogens (tertiary/aromatic N) is 2. The van der Waals surface area contributed by atoms with Crippen molar-refractivity contribution in [3.8, 4) is 5.75 Å². The molecule has 0 aliphatic carbocycles. The second kappa shape index (κ2) is 18.3. The van der Waals surface area contributed by atoms with Crippen molar-refractivity contribution in [2.45, 2.75) is 111 Å². The van der Waals surface area contributed by atoms with E-state index in [1.54, 1.807) is 11.8 Å². The normalized spacial score (nSPS) is 13.0. The Morgan fingerprint density at radius 1 is 0.900 bits per heavy atom. The van der Waals surface area contributed by atoms with Crippen LogP contribution in [0, 0.1) is 0 Å². The molecule has 2 aromatic rings. The summed E-state index contributed by atoms with van der Waals surface area (Å²) in [6.45, 7) is 8.06. The summed E-state index contributed by atoms with van der Waals surface area (Å²) >= 11 is 8.43. The molecular formula is C34H49ClN2O2S. The van der Waals surface area contributed by atoms with E-state index in [1.165, 1.54) is 81.1 Å². The summed E-state index contributed by atoms with van der Waals surface area (Å²) in [7, 11) is 0. The third-order valence-electron chi connectivity index (χ3n) is 7.43. The summed E-state index contributed by atoms with van der Waals surface area (Å²) in [5, 5.41) is 0.599. The molecule has 220 valence electrons. The minimum Gasteiger partial charge on any atom is -0.492 e. The highest BCUT2D eigenvalue weighted by Crippen LogP contribution is 2.29. The van der Waals surface area contributed by atoms with Gasteiger partial charge in [0.05, 0.1) is 24.1 Å². The smallest absolute Gasteiger partial charge is 0.224 e. The summed E-state index contributed by atoms with van der Waals surface area (Å²) in [4.78, 5) is 17.9. The predicted molar refractivity (Wildman–Crippen MR) is 173 cm³/mol. The molecule has 3 rings (SSSR count). The van der Waals surface area contributed by atoms with Crippen molar-refractivity contribution in [1.82, 2.24) is 4.90 Å². The molecule has 0 N–H and O–H groups in total. The standard InChI is InChI=1S/C34H49ClN2O2S/c1-4-5-6-7-8-9-10-11-12-13-14-15-22-39-34-21-18-31(23-33(34)35)26-37(29(3)38)32-19-16-30(17-20-32)25-36-24-28(2)40-27-36/h16-21,23-24H,4-15,22,25-27H2,1-3H3. The number of carbonyl (C=O) groups is 1. The highest BCUT2D eigenvalue weighted by molar-refractivity contribution is 8.03. The number of thioether (sulfide) groups is 1. The van der Waals surface area contributed by atoms with E-state index >= 15 is 0 Å². The van der Waals surface area contributed by atoms with Crippen LogP contribution in [0.1, 0.15) is 109 Å². The zero-order valence-electron chi connectivity index (χ0n) is 24.9. The monoisotopic (exact) mass is 584 g/mol. The first-order chi connectivity index (χ1) is 19.5. The number of halogens is 1. The Morgan fingerprint density at radius 2 is 1.50 bits per heavy atom. The lowest BCUT2D eigenvalue weighted by Gasteiger charge is -2.22. The van der Waals surface area contributed by atoms with Gasteiger partial charge in [0.15, 0.2) is 0 Å². The van der Waals surface area contributed by atoms with Crippen LogP contribution in [0.3, 0.4) is 0 Å². The van der Waals surface area contributed by atoms with Gasteiger partial charge in [0, 0.05) is 25.4 Å². The Balaban J connectivity index is 1.36. The van der Waals surface area contributed by atoms with Gasteiger partial charge in [-0.15, -0.1) is 11.8 Å². The van der Waals surface area contributed by atoms with Crippen molar-refractivity contribution in [3.63, 3.8) is 0 Å². The van der Waals surface area contributed by atoms with Crippen LogP contribution in [0.15, 0.2) is 53.6 Å². The molecule has 0 saturated carbocycles. The number of unbranched alkanes of at least 4 members (excludes halogenated alkanes) is 11. The lowest BCUT2D eigenvalue weighted by molar-refractivity contribution is -0.116. The summed E-state index contributed by atoms with van der Waals surface area (Å²) in [6.07, 6.45) is 18.1. The van der Waals surface area contributed by atoms with E-state index in [1.807, 2.05) is 42.1 Å². The third kappa shape index (κ3) is 11.8. The second-order valence-corrected chi connectivity index (χ2v) is 12.6. The Morgan fingerprint density at radius 3 is 2.05 bits per heavy atom. The SMILES string of the molecule is CCCCCCCCCCCCCCOc1ccc(CN(C(C)=O)c2ccc(CN3C=C(C)SC3)cc2)cc1Cl. The molecular weight excluding hydrogens is 536 g/mol. The first kappa shape index (κ1) is 32.4. The van der Waals surface area contributed by atoms with E-state index < -0.39 is 0 Å². The first-order valence-electron chi connectivity index (χ1n) is 15.3. The second-order valence-electron chi connectivity index (χ2n) is 11.0. The Labute approximate surface area is 252 Å². The highest BCUT2D eigenvalue weighted by Gasteiger charge is 2.15. The number of allylic oxidation sites excluding steroid dienone is 1. The van der Waals surface area contributed by atoms with Gasteiger partial charge >= 0.3 is 0 Å². The van der Waals surface area contributed by atoms with Gasteiger partial charge in [0.25, 0.3) is 0 Å². The van der Waals surface area contributed by atoms with Gasteiger partial charge in [-0.1, -0.05) is 107 Å². The Bertz CT molecular complexity index is 1060. The van der Waals surface area contributed by atoms with Gasteiger partial charge in [0.1, 0.15) is 5.75 Å². The molecule has 0 bridgehead atoms. The number of anilines is 1. The topological polar surface area (TPSA) is 32.8 Å². The molecule has 2 aromatic carbocycles. The molecule has 0 aromatic heterocycles. The molecule has 4 nitrogen and oxygen atoms in total. The number of hydrogen-bond acceptors (Lipinski definition) is 4. The van der Waals surface area contributed by atoms with Gasteiger partial charge in [-0.2, -0.15) is 0 Å². The van der Waals surface area contributed by atoms with Crippen LogP contribution in [0.25, 0.3) is 0 Å². The van der Waals surface area contributed by atoms with Crippen LogP contribution < -0.4 is 9.64 Å². The minimum absolute atomic E-state index is 0.00525. The van der Waals surface area contributed by atoms with Crippen LogP contribution in [-0.2, 0) is 17.9 Å². The van der Waals surface area contributed by atoms with Crippen LogP contribution in [0.5, 0.6) is 5.75 Å². The summed E-state index contributed by atoms with van der Waals surface area (Å²) in [5.41, 5.74) is 3.11. The predicted octanol–water partition coefficient (Wildman–Crippen LogP) is 10.3. The van der Waals surface area contributed by atoms with E-state index in [-0.39, 0.29) is 5.91 Å². The zero-order valence-corrected chi connectivity index (χ0v) is 26.5. The number of amides is 1. The van der Waals surface area contributed by atoms with Crippen molar-refractivity contribution >= 4 is 35.0 Å². The van der Waals surface area contributed by atoms with E-state index in [4.69, 9.17) is 16.3 Å². The molecule has 1 heterocycles. The fourth-order valence-electron chi connectivity index (χ4n) is 5.08. The molecule has 0 atom stereocenters. The number of benzene rings is 2. The molecule has 1 aliphatic heterocycles. The van der Waals surface area contributed by atoms with Crippen molar-refractivity contribution in [3.05, 3.63) is 69.7 Å². The molecule has 40 heavy (non-hydrogen) atoms. The lowest BCUT2D eigenvalue weighted by Crippen LogP contribution is -2.27. The number of hydrogen-bond donors (Lipinski definition) is 0. The number of carbonyl (C=O) groups excluding carboxylic acids is 1. The van der Waals surface area contributed by atoms with E-state index in [0.717, 1.165) is 35.8 Å². The summed E-state index contributed by atoms with van der Waals surface area (Å²) in [6, 6.07) is 14.1. The van der Waals surface area contributed by atoms with Crippen LogP contribution >= 0.6 is 23.4 Å². The summed E-state index contributed by atoms with van der Waals surface area (Å²) in [5.74, 6) is 1.72. The maximum Gasteiger partial charge on any atom is 0.224 e. The third-order valence-corrected chi connectivity index (χ3v) is 8.75. The van der Waals surface area contributed by atoms with Crippen molar-refractivity contribution < 1.29 is 9.53 Å². The molecule has 0 fully saturated rings. The Hall–Kier alpha value is -2.11. The van der Waals surface area contributed by atoms with Gasteiger partial charge in [-0.25, -0.2) is 0 Å². The van der Waals surface area contributed by atoms with Gasteiger partial charge < -0.3 is 14.5 Å². The van der Waals surface area contributed by atoms with E-state index in [0.29, 0.717) is 18.2 Å². The van der Waals surface area contributed by atoms with Crippen molar-refractivity contribution in [2.75, 3.05) is 17.4 Å². The van der Waals surface area contributed by atoms with Crippen LogP contribution in [0.4, 0.5) is 5.69 Å². The number of rotatable bonds is 19.